The summed E-state index contributed by atoms with van der Waals surface area (Å²) in [7, 11) is 1.67. The second kappa shape index (κ2) is 6.87. The van der Waals surface area contributed by atoms with Gasteiger partial charge >= 0.3 is 0 Å². The number of nitrogens with one attached hydrogen (secondary N) is 1. The highest BCUT2D eigenvalue weighted by Gasteiger charge is 2.17. The summed E-state index contributed by atoms with van der Waals surface area (Å²) < 4.78 is 32.8. The minimum absolute atomic E-state index is 0.165. The van der Waals surface area contributed by atoms with Crippen molar-refractivity contribution in [2.75, 3.05) is 13.7 Å². The SMILES string of the molecule is CNC(COc1cc(Cl)ccc1C)c1cccc(F)c1F. The molecule has 1 N–H and O–H groups in total. The number of ether oxygens (including phenoxy) is 1. The molecule has 0 fully saturated rings. The fraction of sp³-hybridized carbons (Fsp3) is 0.250. The average molecular weight is 312 g/mol. The van der Waals surface area contributed by atoms with Crippen molar-refractivity contribution >= 4 is 11.6 Å². The molecule has 2 aromatic carbocycles. The van der Waals surface area contributed by atoms with Gasteiger partial charge in [-0.25, -0.2) is 8.78 Å². The van der Waals surface area contributed by atoms with E-state index in [0.717, 1.165) is 11.6 Å². The molecule has 0 saturated heterocycles. The lowest BCUT2D eigenvalue weighted by Crippen LogP contribution is -2.24. The largest absolute Gasteiger partial charge is 0.491 e. The number of halogens is 3. The van der Waals surface area contributed by atoms with Gasteiger partial charge in [0.1, 0.15) is 12.4 Å². The van der Waals surface area contributed by atoms with Crippen LogP contribution in [0.15, 0.2) is 36.4 Å². The molecule has 0 aliphatic carbocycles. The van der Waals surface area contributed by atoms with Crippen LogP contribution in [0.5, 0.6) is 5.75 Å². The lowest BCUT2D eigenvalue weighted by Gasteiger charge is -2.19. The normalized spacial score (nSPS) is 12.2. The Kier molecular flexibility index (Phi) is 5.15. The predicted octanol–water partition coefficient (Wildman–Crippen LogP) is 4.27. The van der Waals surface area contributed by atoms with Crippen LogP contribution in [0.25, 0.3) is 0 Å². The van der Waals surface area contributed by atoms with Crippen LogP contribution < -0.4 is 10.1 Å². The average Bonchev–Trinajstić information content (AvgIpc) is 2.47. The first-order valence-electron chi connectivity index (χ1n) is 6.53. The van der Waals surface area contributed by atoms with Crippen molar-refractivity contribution < 1.29 is 13.5 Å². The Morgan fingerprint density at radius 1 is 1.24 bits per heavy atom. The van der Waals surface area contributed by atoms with E-state index < -0.39 is 17.7 Å². The maximum atomic E-state index is 13.8. The van der Waals surface area contributed by atoms with Gasteiger partial charge in [-0.3, -0.25) is 0 Å². The van der Waals surface area contributed by atoms with Crippen molar-refractivity contribution in [1.29, 1.82) is 0 Å². The van der Waals surface area contributed by atoms with Gasteiger partial charge in [-0.05, 0) is 37.7 Å². The van der Waals surface area contributed by atoms with Gasteiger partial charge in [0.05, 0.1) is 6.04 Å². The minimum atomic E-state index is -0.869. The van der Waals surface area contributed by atoms with E-state index in [1.54, 1.807) is 19.2 Å². The molecule has 1 atom stereocenters. The van der Waals surface area contributed by atoms with E-state index in [9.17, 15) is 8.78 Å². The summed E-state index contributed by atoms with van der Waals surface area (Å²) in [4.78, 5) is 0. The second-order valence-electron chi connectivity index (χ2n) is 4.71. The number of benzene rings is 2. The molecule has 0 radical (unpaired) electrons. The summed E-state index contributed by atoms with van der Waals surface area (Å²) in [5.74, 6) is -1.10. The zero-order valence-corrected chi connectivity index (χ0v) is 12.5. The maximum absolute atomic E-state index is 13.8. The van der Waals surface area contributed by atoms with Crippen LogP contribution in [0.3, 0.4) is 0 Å². The van der Waals surface area contributed by atoms with E-state index >= 15 is 0 Å². The Balaban J connectivity index is 2.16. The van der Waals surface area contributed by atoms with Crippen LogP contribution in [0.2, 0.25) is 5.02 Å². The lowest BCUT2D eigenvalue weighted by atomic mass is 10.1. The molecule has 2 nitrogen and oxygen atoms in total. The van der Waals surface area contributed by atoms with Crippen molar-refractivity contribution in [3.05, 3.63) is 64.2 Å². The van der Waals surface area contributed by atoms with Crippen LogP contribution in [-0.2, 0) is 0 Å². The molecular weight excluding hydrogens is 296 g/mol. The highest BCUT2D eigenvalue weighted by molar-refractivity contribution is 6.30. The zero-order chi connectivity index (χ0) is 15.4. The maximum Gasteiger partial charge on any atom is 0.163 e. The highest BCUT2D eigenvalue weighted by Crippen LogP contribution is 2.25. The summed E-state index contributed by atoms with van der Waals surface area (Å²) in [5.41, 5.74) is 1.16. The van der Waals surface area contributed by atoms with E-state index in [2.05, 4.69) is 5.32 Å². The first-order valence-corrected chi connectivity index (χ1v) is 6.91. The van der Waals surface area contributed by atoms with Gasteiger partial charge < -0.3 is 10.1 Å². The van der Waals surface area contributed by atoms with E-state index in [1.165, 1.54) is 12.1 Å². The third-order valence-corrected chi connectivity index (χ3v) is 3.50. The molecule has 112 valence electrons. The molecule has 5 heteroatoms. The van der Waals surface area contributed by atoms with Gasteiger partial charge in [0.2, 0.25) is 0 Å². The minimum Gasteiger partial charge on any atom is -0.491 e. The fourth-order valence-electron chi connectivity index (χ4n) is 2.02. The van der Waals surface area contributed by atoms with Crippen molar-refractivity contribution in [3.63, 3.8) is 0 Å². The molecule has 0 spiro atoms. The van der Waals surface area contributed by atoms with Gasteiger partial charge in [-0.2, -0.15) is 0 Å². The molecule has 0 heterocycles. The zero-order valence-electron chi connectivity index (χ0n) is 11.8. The third kappa shape index (κ3) is 3.71. The van der Waals surface area contributed by atoms with Gasteiger partial charge in [-0.1, -0.05) is 29.8 Å². The quantitative estimate of drug-likeness (QED) is 0.890. The van der Waals surface area contributed by atoms with Gasteiger partial charge in [0.15, 0.2) is 11.6 Å². The van der Waals surface area contributed by atoms with Gasteiger partial charge in [0, 0.05) is 10.6 Å². The van der Waals surface area contributed by atoms with Gasteiger partial charge in [-0.15, -0.1) is 0 Å². The Labute approximate surface area is 127 Å². The van der Waals surface area contributed by atoms with Crippen molar-refractivity contribution in [3.8, 4) is 5.75 Å². The molecule has 21 heavy (non-hydrogen) atoms. The molecule has 2 rings (SSSR count). The molecule has 0 aromatic heterocycles. The van der Waals surface area contributed by atoms with Crippen LogP contribution in [0.4, 0.5) is 8.78 Å². The molecule has 0 aliphatic rings. The molecule has 1 unspecified atom stereocenters. The summed E-state index contributed by atoms with van der Waals surface area (Å²) in [6, 6.07) is 8.95. The van der Waals surface area contributed by atoms with E-state index in [0.29, 0.717) is 10.8 Å². The number of aryl methyl sites for hydroxylation is 1. The molecule has 0 aliphatic heterocycles. The molecule has 2 aromatic rings. The molecule has 0 saturated carbocycles. The number of likely N-dealkylation sites (N-methyl/N-ethyl adjacent to an activating group) is 1. The topological polar surface area (TPSA) is 21.3 Å². The van der Waals surface area contributed by atoms with Crippen molar-refractivity contribution in [2.24, 2.45) is 0 Å². The predicted molar refractivity (Wildman–Crippen MR) is 79.8 cm³/mol. The number of rotatable bonds is 5. The summed E-state index contributed by atoms with van der Waals surface area (Å²) in [5, 5.41) is 3.49. The summed E-state index contributed by atoms with van der Waals surface area (Å²) in [6.07, 6.45) is 0. The monoisotopic (exact) mass is 311 g/mol. The van der Waals surface area contributed by atoms with E-state index in [1.807, 2.05) is 13.0 Å². The molecule has 0 amide bonds. The van der Waals surface area contributed by atoms with Crippen molar-refractivity contribution in [1.82, 2.24) is 5.32 Å². The standard InChI is InChI=1S/C16H16ClF2NO/c1-10-6-7-11(17)8-15(10)21-9-14(20-2)12-4-3-5-13(18)16(12)19/h3-8,14,20H,9H2,1-2H3. The summed E-state index contributed by atoms with van der Waals surface area (Å²) >= 11 is 5.92. The van der Waals surface area contributed by atoms with Crippen LogP contribution in [0, 0.1) is 18.6 Å². The van der Waals surface area contributed by atoms with Crippen LogP contribution >= 0.6 is 11.6 Å². The molecule has 0 bridgehead atoms. The Morgan fingerprint density at radius 2 is 2.00 bits per heavy atom. The second-order valence-corrected chi connectivity index (χ2v) is 5.14. The summed E-state index contributed by atoms with van der Waals surface area (Å²) in [6.45, 7) is 2.06. The molecular formula is C16H16ClF2NO. The van der Waals surface area contributed by atoms with Gasteiger partial charge in [0.25, 0.3) is 0 Å². The Bertz CT molecular complexity index is 634. The highest BCUT2D eigenvalue weighted by atomic mass is 35.5. The fourth-order valence-corrected chi connectivity index (χ4v) is 2.18. The number of hydrogen-bond acceptors (Lipinski definition) is 2. The Morgan fingerprint density at radius 3 is 2.71 bits per heavy atom. The van der Waals surface area contributed by atoms with E-state index in [4.69, 9.17) is 16.3 Å². The third-order valence-electron chi connectivity index (χ3n) is 3.26. The number of hydrogen-bond donors (Lipinski definition) is 1. The smallest absolute Gasteiger partial charge is 0.163 e. The van der Waals surface area contributed by atoms with Crippen molar-refractivity contribution in [2.45, 2.75) is 13.0 Å². The first-order chi connectivity index (χ1) is 10.0. The Hall–Kier alpha value is -1.65. The van der Waals surface area contributed by atoms with E-state index in [-0.39, 0.29) is 12.2 Å². The first kappa shape index (κ1) is 15.7. The van der Waals surface area contributed by atoms with Crippen LogP contribution in [-0.4, -0.2) is 13.7 Å². The lowest BCUT2D eigenvalue weighted by molar-refractivity contribution is 0.267. The van der Waals surface area contributed by atoms with Crippen LogP contribution in [0.1, 0.15) is 17.2 Å².